The smallest absolute Gasteiger partial charge is 0.306 e. The Hall–Kier alpha value is -2.63. The number of rotatable bonds is 61. The minimum Gasteiger partial charge on any atom is -0.462 e. The molecule has 0 unspecified atom stereocenters. The molecule has 1 atom stereocenters. The van der Waals surface area contributed by atoms with E-state index in [0.29, 0.717) is 19.3 Å². The predicted octanol–water partition coefficient (Wildman–Crippen LogP) is 22.6. The Morgan fingerprint density at radius 3 is 0.813 bits per heavy atom. The molecule has 75 heavy (non-hydrogen) atoms. The highest BCUT2D eigenvalue weighted by atomic mass is 16.6. The quantitative estimate of drug-likeness (QED) is 0.0261. The van der Waals surface area contributed by atoms with Crippen LogP contribution in [0.1, 0.15) is 355 Å². The van der Waals surface area contributed by atoms with Crippen LogP contribution in [-0.2, 0) is 28.6 Å². The van der Waals surface area contributed by atoms with Crippen LogP contribution in [0.15, 0.2) is 48.6 Å². The summed E-state index contributed by atoms with van der Waals surface area (Å²) in [6.45, 7) is 6.64. The largest absolute Gasteiger partial charge is 0.462 e. The third kappa shape index (κ3) is 62.1. The van der Waals surface area contributed by atoms with E-state index < -0.39 is 6.10 Å². The van der Waals surface area contributed by atoms with Crippen LogP contribution >= 0.6 is 0 Å². The van der Waals surface area contributed by atoms with E-state index in [-0.39, 0.29) is 31.1 Å². The van der Waals surface area contributed by atoms with E-state index in [2.05, 4.69) is 69.4 Å². The molecule has 0 aromatic heterocycles. The lowest BCUT2D eigenvalue weighted by Gasteiger charge is -2.18. The van der Waals surface area contributed by atoms with Gasteiger partial charge in [-0.3, -0.25) is 14.4 Å². The van der Waals surface area contributed by atoms with Crippen molar-refractivity contribution in [3.8, 4) is 0 Å². The summed E-state index contributed by atoms with van der Waals surface area (Å²) in [7, 11) is 0. The molecule has 0 saturated heterocycles. The van der Waals surface area contributed by atoms with Crippen molar-refractivity contribution in [3.63, 3.8) is 0 Å². The molecule has 0 N–H and O–H groups in total. The standard InChI is InChI=1S/C69H126O6/c1-4-7-10-13-16-19-22-25-28-30-32-34-36-38-41-44-47-50-53-56-59-62-68(71)74-65-66(64-73-67(70)61-58-55-52-49-46-43-40-27-24-21-18-15-12-9-6-3)75-69(72)63-60-57-54-51-48-45-42-39-37-35-33-31-29-26-23-20-17-14-11-8-5-2/h18,21,26-27,29,40,46,49,66H,4-17,19-20,22-25,28,30-39,41-45,47-48,50-65H2,1-3H3/b21-18-,29-26-,40-27-,49-46-/t66-/m1/s1. The summed E-state index contributed by atoms with van der Waals surface area (Å²) >= 11 is 0. The number of carbonyl (C=O) groups is 3. The molecule has 0 bridgehead atoms. The summed E-state index contributed by atoms with van der Waals surface area (Å²) in [5, 5.41) is 0. The summed E-state index contributed by atoms with van der Waals surface area (Å²) in [5.41, 5.74) is 0. The van der Waals surface area contributed by atoms with Crippen molar-refractivity contribution < 1.29 is 28.6 Å². The average Bonchev–Trinajstić information content (AvgIpc) is 3.41. The van der Waals surface area contributed by atoms with Gasteiger partial charge in [-0.1, -0.05) is 301 Å². The third-order valence-electron chi connectivity index (χ3n) is 14.8. The molecular formula is C69H126O6. The molecule has 0 aromatic carbocycles. The van der Waals surface area contributed by atoms with Gasteiger partial charge < -0.3 is 14.2 Å². The Morgan fingerprint density at radius 2 is 0.480 bits per heavy atom. The predicted molar refractivity (Wildman–Crippen MR) is 325 cm³/mol. The normalized spacial score (nSPS) is 12.3. The molecule has 0 aliphatic carbocycles. The first-order valence-corrected chi connectivity index (χ1v) is 33.1. The molecule has 6 heteroatoms. The van der Waals surface area contributed by atoms with E-state index in [0.717, 1.165) is 70.6 Å². The summed E-state index contributed by atoms with van der Waals surface area (Å²) in [6, 6.07) is 0. The van der Waals surface area contributed by atoms with Crippen molar-refractivity contribution in [2.45, 2.75) is 361 Å². The van der Waals surface area contributed by atoms with Gasteiger partial charge in [0.1, 0.15) is 13.2 Å². The number of hydrogen-bond acceptors (Lipinski definition) is 6. The second-order valence-electron chi connectivity index (χ2n) is 22.4. The number of hydrogen-bond donors (Lipinski definition) is 0. The van der Waals surface area contributed by atoms with Crippen molar-refractivity contribution in [1.82, 2.24) is 0 Å². The average molecular weight is 1050 g/mol. The fourth-order valence-corrected chi connectivity index (χ4v) is 9.80. The zero-order chi connectivity index (χ0) is 54.3. The second kappa shape index (κ2) is 63.9. The summed E-state index contributed by atoms with van der Waals surface area (Å²) < 4.78 is 16.9. The minimum atomic E-state index is -0.788. The van der Waals surface area contributed by atoms with Gasteiger partial charge in [-0.2, -0.15) is 0 Å². The lowest BCUT2D eigenvalue weighted by atomic mass is 10.0. The summed E-state index contributed by atoms with van der Waals surface area (Å²) in [4.78, 5) is 38.3. The van der Waals surface area contributed by atoms with Crippen LogP contribution in [0.2, 0.25) is 0 Å². The van der Waals surface area contributed by atoms with Crippen LogP contribution in [0.3, 0.4) is 0 Å². The van der Waals surface area contributed by atoms with Crippen molar-refractivity contribution >= 4 is 17.9 Å². The number of esters is 3. The molecule has 0 aliphatic rings. The molecule has 0 heterocycles. The molecule has 438 valence electrons. The fourth-order valence-electron chi connectivity index (χ4n) is 9.80. The second-order valence-corrected chi connectivity index (χ2v) is 22.4. The number of ether oxygens (including phenoxy) is 3. The van der Waals surface area contributed by atoms with E-state index in [1.165, 1.54) is 244 Å². The molecule has 0 fully saturated rings. The van der Waals surface area contributed by atoms with Gasteiger partial charge in [-0.25, -0.2) is 0 Å². The molecule has 0 amide bonds. The van der Waals surface area contributed by atoms with Gasteiger partial charge in [0.05, 0.1) is 0 Å². The first-order valence-electron chi connectivity index (χ1n) is 33.1. The van der Waals surface area contributed by atoms with E-state index in [9.17, 15) is 14.4 Å². The van der Waals surface area contributed by atoms with Gasteiger partial charge in [0, 0.05) is 19.3 Å². The molecule has 0 rings (SSSR count). The molecule has 0 aliphatic heterocycles. The molecule has 0 spiro atoms. The van der Waals surface area contributed by atoms with Gasteiger partial charge >= 0.3 is 17.9 Å². The zero-order valence-electron chi connectivity index (χ0n) is 50.3. The van der Waals surface area contributed by atoms with Crippen LogP contribution in [0, 0.1) is 0 Å². The Morgan fingerprint density at radius 1 is 0.267 bits per heavy atom. The van der Waals surface area contributed by atoms with Gasteiger partial charge in [-0.05, 0) is 83.5 Å². The van der Waals surface area contributed by atoms with Crippen molar-refractivity contribution in [3.05, 3.63) is 48.6 Å². The van der Waals surface area contributed by atoms with Gasteiger partial charge in [-0.15, -0.1) is 0 Å². The summed E-state index contributed by atoms with van der Waals surface area (Å²) in [5.74, 6) is -0.899. The molecular weight excluding hydrogens is 925 g/mol. The number of allylic oxidation sites excluding steroid dienone is 8. The van der Waals surface area contributed by atoms with E-state index in [1.807, 2.05) is 0 Å². The maximum atomic E-state index is 12.9. The first-order chi connectivity index (χ1) is 37.0. The summed E-state index contributed by atoms with van der Waals surface area (Å²) in [6.07, 6.45) is 79.8. The lowest BCUT2D eigenvalue weighted by Crippen LogP contribution is -2.30. The Labute approximate surface area is 467 Å². The highest BCUT2D eigenvalue weighted by Gasteiger charge is 2.19. The molecule has 6 nitrogen and oxygen atoms in total. The van der Waals surface area contributed by atoms with Crippen molar-refractivity contribution in [2.75, 3.05) is 13.2 Å². The van der Waals surface area contributed by atoms with E-state index in [4.69, 9.17) is 14.2 Å². The van der Waals surface area contributed by atoms with Crippen LogP contribution < -0.4 is 0 Å². The fraction of sp³-hybridized carbons (Fsp3) is 0.841. The highest BCUT2D eigenvalue weighted by molar-refractivity contribution is 5.71. The van der Waals surface area contributed by atoms with Gasteiger partial charge in [0.15, 0.2) is 6.10 Å². The van der Waals surface area contributed by atoms with Crippen molar-refractivity contribution in [2.24, 2.45) is 0 Å². The van der Waals surface area contributed by atoms with E-state index >= 15 is 0 Å². The monoisotopic (exact) mass is 1050 g/mol. The van der Waals surface area contributed by atoms with Gasteiger partial charge in [0.2, 0.25) is 0 Å². The van der Waals surface area contributed by atoms with Crippen LogP contribution in [-0.4, -0.2) is 37.2 Å². The molecule has 0 radical (unpaired) electrons. The molecule has 0 saturated carbocycles. The number of carbonyl (C=O) groups excluding carboxylic acids is 3. The topological polar surface area (TPSA) is 78.9 Å². The Bertz CT molecular complexity index is 1300. The first kappa shape index (κ1) is 72.4. The maximum absolute atomic E-state index is 12.9. The van der Waals surface area contributed by atoms with Crippen LogP contribution in [0.25, 0.3) is 0 Å². The SMILES string of the molecule is CCCCC/C=C\C/C=C\C/C=C\CCCCC(=O)OC[C@H](COC(=O)CCCCCCCCCCCCCCCCCCCCCCC)OC(=O)CCCCCCCCCCCCC/C=C\CCCCCCCC. The highest BCUT2D eigenvalue weighted by Crippen LogP contribution is 2.18. The van der Waals surface area contributed by atoms with Crippen molar-refractivity contribution in [1.29, 1.82) is 0 Å². The van der Waals surface area contributed by atoms with Gasteiger partial charge in [0.25, 0.3) is 0 Å². The van der Waals surface area contributed by atoms with E-state index in [1.54, 1.807) is 0 Å². The number of unbranched alkanes of at least 4 members (excludes halogenated alkanes) is 42. The van der Waals surface area contributed by atoms with Crippen LogP contribution in [0.4, 0.5) is 0 Å². The molecule has 0 aromatic rings. The third-order valence-corrected chi connectivity index (χ3v) is 14.8. The lowest BCUT2D eigenvalue weighted by molar-refractivity contribution is -0.167. The Kier molecular flexibility index (Phi) is 61.7. The Balaban J connectivity index is 4.34. The maximum Gasteiger partial charge on any atom is 0.306 e. The minimum absolute atomic E-state index is 0.0814. The zero-order valence-corrected chi connectivity index (χ0v) is 50.3. The van der Waals surface area contributed by atoms with Crippen LogP contribution in [0.5, 0.6) is 0 Å².